The van der Waals surface area contributed by atoms with Crippen LogP contribution in [0.3, 0.4) is 0 Å². The van der Waals surface area contributed by atoms with Crippen LogP contribution in [0.15, 0.2) is 54.6 Å². The largest absolute Gasteiger partial charge is 0.493 e. The Hall–Kier alpha value is -3.28. The lowest BCUT2D eigenvalue weighted by Crippen LogP contribution is -2.28. The number of hydrogen-bond acceptors (Lipinski definition) is 4. The summed E-state index contributed by atoms with van der Waals surface area (Å²) in [6, 6.07) is 14.6. The van der Waals surface area contributed by atoms with Crippen molar-refractivity contribution >= 4 is 23.6 Å². The molecule has 136 valence electrons. The zero-order valence-corrected chi connectivity index (χ0v) is 14.8. The number of carbonyl (C=O) groups excluding carboxylic acids is 2. The third kappa shape index (κ3) is 5.11. The van der Waals surface area contributed by atoms with Gasteiger partial charge in [-0.25, -0.2) is 0 Å². The van der Waals surface area contributed by atoms with Crippen LogP contribution in [-0.4, -0.2) is 32.1 Å². The van der Waals surface area contributed by atoms with Crippen LogP contribution < -0.4 is 20.1 Å². The Morgan fingerprint density at radius 2 is 1.85 bits per heavy atom. The molecule has 0 aliphatic carbocycles. The van der Waals surface area contributed by atoms with Gasteiger partial charge in [0.15, 0.2) is 18.1 Å². The van der Waals surface area contributed by atoms with Crippen molar-refractivity contribution in [2.45, 2.75) is 6.92 Å². The minimum atomic E-state index is -0.567. The first-order valence-electron chi connectivity index (χ1n) is 8.19. The Morgan fingerprint density at radius 1 is 1.12 bits per heavy atom. The van der Waals surface area contributed by atoms with Gasteiger partial charge >= 0.3 is 0 Å². The van der Waals surface area contributed by atoms with Gasteiger partial charge in [0.05, 0.1) is 7.11 Å². The Kier molecular flexibility index (Phi) is 6.79. The summed E-state index contributed by atoms with van der Waals surface area (Å²) in [5, 5.41) is 0. The van der Waals surface area contributed by atoms with Crippen LogP contribution in [0.5, 0.6) is 11.5 Å². The number of anilines is 1. The fourth-order valence-electron chi connectivity index (χ4n) is 2.39. The zero-order chi connectivity index (χ0) is 18.9. The number of hydrogen-bond donors (Lipinski definition) is 1. The maximum Gasteiger partial charge on any atom is 0.255 e. The number of benzene rings is 2. The smallest absolute Gasteiger partial charge is 0.255 e. The van der Waals surface area contributed by atoms with Crippen molar-refractivity contribution in [3.63, 3.8) is 0 Å². The lowest BCUT2D eigenvalue weighted by molar-refractivity contribution is -0.120. The number of nitrogens with two attached hydrogens (primary N) is 1. The highest BCUT2D eigenvalue weighted by Gasteiger charge is 2.11. The van der Waals surface area contributed by atoms with Gasteiger partial charge in [0.2, 0.25) is 0 Å². The van der Waals surface area contributed by atoms with E-state index in [-0.39, 0.29) is 12.5 Å². The van der Waals surface area contributed by atoms with Crippen LogP contribution in [0.1, 0.15) is 12.5 Å². The van der Waals surface area contributed by atoms with Gasteiger partial charge in [-0.15, -0.1) is 0 Å². The molecular weight excluding hydrogens is 332 g/mol. The summed E-state index contributed by atoms with van der Waals surface area (Å²) in [6.45, 7) is 2.26. The summed E-state index contributed by atoms with van der Waals surface area (Å²) in [5.41, 5.74) is 6.69. The normalized spacial score (nSPS) is 10.5. The number of para-hydroxylation sites is 1. The summed E-state index contributed by atoms with van der Waals surface area (Å²) in [7, 11) is 1.50. The maximum atomic E-state index is 12.5. The molecule has 0 saturated heterocycles. The van der Waals surface area contributed by atoms with Crippen LogP contribution >= 0.6 is 0 Å². The van der Waals surface area contributed by atoms with E-state index in [1.54, 1.807) is 29.2 Å². The third-order valence-corrected chi connectivity index (χ3v) is 3.63. The topological polar surface area (TPSA) is 81.9 Å². The number of likely N-dealkylation sites (N-methyl/N-ethyl adjacent to an activating group) is 1. The Bertz CT molecular complexity index is 788. The minimum absolute atomic E-state index is 0.119. The number of ether oxygens (including phenoxy) is 2. The molecule has 2 aromatic carbocycles. The second-order valence-corrected chi connectivity index (χ2v) is 5.42. The lowest BCUT2D eigenvalue weighted by atomic mass is 10.2. The molecular formula is C20H22N2O4. The summed E-state index contributed by atoms with van der Waals surface area (Å²) < 4.78 is 10.5. The predicted molar refractivity (Wildman–Crippen MR) is 101 cm³/mol. The zero-order valence-electron chi connectivity index (χ0n) is 14.8. The van der Waals surface area contributed by atoms with Gasteiger partial charge < -0.3 is 20.1 Å². The molecule has 0 saturated carbocycles. The first-order chi connectivity index (χ1) is 12.5. The molecule has 0 fully saturated rings. The first-order valence-corrected chi connectivity index (χ1v) is 8.19. The average Bonchev–Trinajstić information content (AvgIpc) is 2.66. The molecule has 0 radical (unpaired) electrons. The van der Waals surface area contributed by atoms with Gasteiger partial charge in [0.25, 0.3) is 11.8 Å². The van der Waals surface area contributed by atoms with Crippen molar-refractivity contribution < 1.29 is 19.1 Å². The molecule has 0 aliphatic rings. The number of primary amides is 1. The van der Waals surface area contributed by atoms with E-state index >= 15 is 0 Å². The number of carbonyl (C=O) groups is 2. The van der Waals surface area contributed by atoms with Crippen molar-refractivity contribution in [1.29, 1.82) is 0 Å². The quantitative estimate of drug-likeness (QED) is 0.739. The molecule has 2 aromatic rings. The number of nitrogens with zero attached hydrogens (tertiary/aromatic N) is 1. The number of amides is 2. The molecule has 0 spiro atoms. The summed E-state index contributed by atoms with van der Waals surface area (Å²) in [4.78, 5) is 25.0. The van der Waals surface area contributed by atoms with Crippen LogP contribution in [0.2, 0.25) is 0 Å². The van der Waals surface area contributed by atoms with Crippen LogP contribution in [-0.2, 0) is 9.59 Å². The summed E-state index contributed by atoms with van der Waals surface area (Å²) in [5.74, 6) is 0.180. The van der Waals surface area contributed by atoms with E-state index in [2.05, 4.69) is 0 Å². The van der Waals surface area contributed by atoms with Gasteiger partial charge in [-0.1, -0.05) is 24.3 Å². The van der Waals surface area contributed by atoms with E-state index in [1.807, 2.05) is 37.3 Å². The van der Waals surface area contributed by atoms with E-state index in [0.29, 0.717) is 18.0 Å². The standard InChI is InChI=1S/C20H22N2O4/c1-3-22(16-7-5-4-6-8-16)20(24)12-10-15-9-11-17(18(13-15)25-2)26-14-19(21)23/h4-13H,3,14H2,1-2H3,(H2,21,23)/b12-10+. The van der Waals surface area contributed by atoms with Crippen molar-refractivity contribution in [3.05, 3.63) is 60.2 Å². The molecule has 2 N–H and O–H groups in total. The average molecular weight is 354 g/mol. The SMILES string of the molecule is CCN(C(=O)/C=C/c1ccc(OCC(N)=O)c(OC)c1)c1ccccc1. The number of rotatable bonds is 8. The maximum absolute atomic E-state index is 12.5. The molecule has 6 nitrogen and oxygen atoms in total. The van der Waals surface area contributed by atoms with Crippen LogP contribution in [0.4, 0.5) is 5.69 Å². The first kappa shape index (κ1) is 19.1. The van der Waals surface area contributed by atoms with Crippen molar-refractivity contribution in [2.24, 2.45) is 5.73 Å². The Morgan fingerprint density at radius 3 is 2.46 bits per heavy atom. The molecule has 0 atom stereocenters. The fraction of sp³-hybridized carbons (Fsp3) is 0.200. The van der Waals surface area contributed by atoms with Crippen molar-refractivity contribution in [2.75, 3.05) is 25.2 Å². The van der Waals surface area contributed by atoms with Gasteiger partial charge in [-0.3, -0.25) is 9.59 Å². The predicted octanol–water partition coefficient (Wildman–Crippen LogP) is 2.63. The molecule has 6 heteroatoms. The van der Waals surface area contributed by atoms with E-state index in [0.717, 1.165) is 11.3 Å². The second kappa shape index (κ2) is 9.27. The highest BCUT2D eigenvalue weighted by Crippen LogP contribution is 2.28. The summed E-state index contributed by atoms with van der Waals surface area (Å²) in [6.07, 6.45) is 3.21. The Labute approximate surface area is 152 Å². The van der Waals surface area contributed by atoms with E-state index < -0.39 is 5.91 Å². The second-order valence-electron chi connectivity index (χ2n) is 5.42. The molecule has 0 aliphatic heterocycles. The molecule has 0 heterocycles. The summed E-state index contributed by atoms with van der Waals surface area (Å²) >= 11 is 0. The van der Waals surface area contributed by atoms with Crippen molar-refractivity contribution in [1.82, 2.24) is 0 Å². The highest BCUT2D eigenvalue weighted by molar-refractivity contribution is 6.03. The van der Waals surface area contributed by atoms with Gasteiger partial charge in [0, 0.05) is 18.3 Å². The molecule has 0 aromatic heterocycles. The van der Waals surface area contributed by atoms with Gasteiger partial charge in [0.1, 0.15) is 0 Å². The molecule has 0 bridgehead atoms. The third-order valence-electron chi connectivity index (χ3n) is 3.63. The molecule has 2 amide bonds. The molecule has 26 heavy (non-hydrogen) atoms. The molecule has 0 unspecified atom stereocenters. The Balaban J connectivity index is 2.13. The van der Waals surface area contributed by atoms with E-state index in [4.69, 9.17) is 15.2 Å². The van der Waals surface area contributed by atoms with Gasteiger partial charge in [-0.05, 0) is 42.8 Å². The van der Waals surface area contributed by atoms with E-state index in [9.17, 15) is 9.59 Å². The minimum Gasteiger partial charge on any atom is -0.493 e. The molecule has 2 rings (SSSR count). The van der Waals surface area contributed by atoms with E-state index in [1.165, 1.54) is 13.2 Å². The lowest BCUT2D eigenvalue weighted by Gasteiger charge is -2.19. The van der Waals surface area contributed by atoms with Gasteiger partial charge in [-0.2, -0.15) is 0 Å². The number of methoxy groups -OCH3 is 1. The highest BCUT2D eigenvalue weighted by atomic mass is 16.5. The van der Waals surface area contributed by atoms with Crippen LogP contribution in [0, 0.1) is 0 Å². The van der Waals surface area contributed by atoms with Crippen molar-refractivity contribution in [3.8, 4) is 11.5 Å². The fourth-order valence-corrected chi connectivity index (χ4v) is 2.39. The van der Waals surface area contributed by atoms with Crippen LogP contribution in [0.25, 0.3) is 6.08 Å². The monoisotopic (exact) mass is 354 g/mol.